The number of anilines is 1. The summed E-state index contributed by atoms with van der Waals surface area (Å²) in [7, 11) is 0. The molecule has 0 aliphatic rings. The lowest BCUT2D eigenvalue weighted by Gasteiger charge is -2.14. The molecule has 7 nitrogen and oxygen atoms in total. The van der Waals surface area contributed by atoms with Crippen LogP contribution < -0.4 is 11.1 Å². The van der Waals surface area contributed by atoms with Crippen LogP contribution in [0.15, 0.2) is 52.8 Å². The lowest BCUT2D eigenvalue weighted by atomic mass is 9.97. The highest BCUT2D eigenvalue weighted by atomic mass is 19.1. The smallest absolute Gasteiger partial charge is 0.238 e. The number of nitrogens with zero attached hydrogens (tertiary/aromatic N) is 2. The molecule has 2 aromatic rings. The lowest BCUT2D eigenvalue weighted by Crippen LogP contribution is -2.23. The molecule has 8 heteroatoms. The second-order valence-electron chi connectivity index (χ2n) is 5.13. The number of hydrogen-bond donors (Lipinski definition) is 4. The van der Waals surface area contributed by atoms with Crippen molar-refractivity contribution < 1.29 is 19.6 Å². The topological polar surface area (TPSA) is 120 Å². The molecule has 0 aromatic heterocycles. The predicted octanol–water partition coefficient (Wildman–Crippen LogP) is 2.15. The van der Waals surface area contributed by atoms with Crippen LogP contribution in [0, 0.1) is 5.82 Å². The summed E-state index contributed by atoms with van der Waals surface area (Å²) in [6, 6.07) is 10.4. The number of benzene rings is 2. The highest BCUT2D eigenvalue weighted by Crippen LogP contribution is 2.24. The van der Waals surface area contributed by atoms with Crippen molar-refractivity contribution in [1.29, 1.82) is 0 Å². The molecule has 5 N–H and O–H groups in total. The Bertz CT molecular complexity index is 850. The first-order chi connectivity index (χ1) is 12.0. The minimum absolute atomic E-state index is 0.0454. The monoisotopic (exact) mass is 344 g/mol. The van der Waals surface area contributed by atoms with E-state index in [0.29, 0.717) is 11.3 Å². The Morgan fingerprint density at radius 3 is 2.48 bits per heavy atom. The third-order valence-electron chi connectivity index (χ3n) is 3.53. The van der Waals surface area contributed by atoms with E-state index >= 15 is 0 Å². The van der Waals surface area contributed by atoms with Crippen LogP contribution in [-0.4, -0.2) is 34.3 Å². The van der Waals surface area contributed by atoms with Gasteiger partial charge in [0, 0.05) is 11.1 Å². The van der Waals surface area contributed by atoms with Crippen molar-refractivity contribution in [3.8, 4) is 0 Å². The second kappa shape index (κ2) is 8.02. The van der Waals surface area contributed by atoms with E-state index in [2.05, 4.69) is 15.6 Å². The Balaban J connectivity index is 2.65. The zero-order valence-corrected chi connectivity index (χ0v) is 13.4. The van der Waals surface area contributed by atoms with Gasteiger partial charge in [-0.3, -0.25) is 4.79 Å². The third-order valence-corrected chi connectivity index (χ3v) is 3.53. The van der Waals surface area contributed by atoms with E-state index in [-0.39, 0.29) is 29.1 Å². The van der Waals surface area contributed by atoms with Gasteiger partial charge in [0.15, 0.2) is 0 Å². The molecule has 0 saturated carbocycles. The van der Waals surface area contributed by atoms with Crippen LogP contribution in [-0.2, 0) is 4.79 Å². The summed E-state index contributed by atoms with van der Waals surface area (Å²) in [5.74, 6) is -1.06. The third kappa shape index (κ3) is 3.99. The highest BCUT2D eigenvalue weighted by molar-refractivity contribution is 6.18. The molecular formula is C17H17FN4O3. The van der Waals surface area contributed by atoms with Gasteiger partial charge in [0.25, 0.3) is 0 Å². The summed E-state index contributed by atoms with van der Waals surface area (Å²) < 4.78 is 14.1. The maximum Gasteiger partial charge on any atom is 0.238 e. The van der Waals surface area contributed by atoms with Crippen LogP contribution >= 0.6 is 0 Å². The molecule has 0 bridgehead atoms. The molecular weight excluding hydrogens is 327 g/mol. The number of halogens is 1. The van der Waals surface area contributed by atoms with Gasteiger partial charge in [0.1, 0.15) is 11.5 Å². The summed E-state index contributed by atoms with van der Waals surface area (Å²) in [4.78, 5) is 11.6. The van der Waals surface area contributed by atoms with Gasteiger partial charge in [-0.2, -0.15) is 0 Å². The Hall–Kier alpha value is -3.26. The molecule has 25 heavy (non-hydrogen) atoms. The molecule has 0 radical (unpaired) electrons. The van der Waals surface area contributed by atoms with E-state index in [1.54, 1.807) is 19.1 Å². The van der Waals surface area contributed by atoms with Crippen molar-refractivity contribution in [2.75, 3.05) is 11.9 Å². The molecule has 130 valence electrons. The Morgan fingerprint density at radius 2 is 1.88 bits per heavy atom. The van der Waals surface area contributed by atoms with Crippen molar-refractivity contribution in [3.05, 3.63) is 65.0 Å². The highest BCUT2D eigenvalue weighted by Gasteiger charge is 2.18. The first-order valence-corrected chi connectivity index (χ1v) is 7.32. The van der Waals surface area contributed by atoms with Gasteiger partial charge in [-0.1, -0.05) is 28.5 Å². The number of oxime groups is 2. The molecule has 2 rings (SSSR count). The van der Waals surface area contributed by atoms with Crippen LogP contribution in [0.25, 0.3) is 0 Å². The van der Waals surface area contributed by atoms with E-state index < -0.39 is 11.7 Å². The Kier molecular flexibility index (Phi) is 5.80. The van der Waals surface area contributed by atoms with Crippen LogP contribution in [0.1, 0.15) is 23.6 Å². The largest absolute Gasteiger partial charge is 0.411 e. The molecule has 2 aromatic carbocycles. The quantitative estimate of drug-likeness (QED) is 0.377. The zero-order chi connectivity index (χ0) is 18.4. The van der Waals surface area contributed by atoms with Gasteiger partial charge < -0.3 is 21.5 Å². The van der Waals surface area contributed by atoms with Gasteiger partial charge in [-0.05, 0) is 36.8 Å². The van der Waals surface area contributed by atoms with Crippen LogP contribution in [0.3, 0.4) is 0 Å². The number of nitrogens with one attached hydrogen (secondary N) is 1. The second-order valence-corrected chi connectivity index (χ2v) is 5.13. The molecule has 0 unspecified atom stereocenters. The van der Waals surface area contributed by atoms with E-state index in [9.17, 15) is 14.4 Å². The van der Waals surface area contributed by atoms with Crippen LogP contribution in [0.2, 0.25) is 0 Å². The normalized spacial score (nSPS) is 12.1. The van der Waals surface area contributed by atoms with Crippen molar-refractivity contribution >= 4 is 23.0 Å². The minimum Gasteiger partial charge on any atom is -0.411 e. The molecule has 0 spiro atoms. The van der Waals surface area contributed by atoms with E-state index in [4.69, 9.17) is 10.9 Å². The zero-order valence-electron chi connectivity index (χ0n) is 13.4. The fraction of sp³-hybridized carbons (Fsp3) is 0.118. The first kappa shape index (κ1) is 18.1. The average Bonchev–Trinajstić information content (AvgIpc) is 2.64. The van der Waals surface area contributed by atoms with Gasteiger partial charge in [0.05, 0.1) is 17.9 Å². The number of carbonyl (C=O) groups is 1. The molecule has 0 fully saturated rings. The van der Waals surface area contributed by atoms with Crippen molar-refractivity contribution in [1.82, 2.24) is 0 Å². The number of carbonyl (C=O) groups excluding carboxylic acids is 1. The molecule has 1 amide bonds. The predicted molar refractivity (Wildman–Crippen MR) is 91.9 cm³/mol. The van der Waals surface area contributed by atoms with Crippen LogP contribution in [0.5, 0.6) is 0 Å². The summed E-state index contributed by atoms with van der Waals surface area (Å²) in [6.07, 6.45) is 0. The fourth-order valence-corrected chi connectivity index (χ4v) is 2.24. The van der Waals surface area contributed by atoms with Crippen LogP contribution in [0.4, 0.5) is 10.1 Å². The maximum absolute atomic E-state index is 14.1. The van der Waals surface area contributed by atoms with Crippen molar-refractivity contribution in [2.24, 2.45) is 16.0 Å². The number of amides is 1. The maximum atomic E-state index is 14.1. The van der Waals surface area contributed by atoms with Gasteiger partial charge in [-0.25, -0.2) is 4.39 Å². The summed E-state index contributed by atoms with van der Waals surface area (Å²) in [5, 5.41) is 27.3. The summed E-state index contributed by atoms with van der Waals surface area (Å²) in [5.41, 5.74) is 6.59. The van der Waals surface area contributed by atoms with Gasteiger partial charge >= 0.3 is 0 Å². The molecule has 0 aliphatic heterocycles. The molecule has 0 atom stereocenters. The standard InChI is InChI=1S/C17H17FN4O3/c1-10(21-24)11-6-7-15(20-16(23)9-19)13(8-11)17(22-25)12-4-2-3-5-14(12)18/h2-8,24-25H,9,19H2,1H3,(H,20,23)/b21-10+,22-17+. The molecule has 0 heterocycles. The van der Waals surface area contributed by atoms with Crippen molar-refractivity contribution in [3.63, 3.8) is 0 Å². The summed E-state index contributed by atoms with van der Waals surface area (Å²) >= 11 is 0. The molecule has 0 saturated heterocycles. The van der Waals surface area contributed by atoms with E-state index in [1.807, 2.05) is 0 Å². The minimum atomic E-state index is -0.593. The van der Waals surface area contributed by atoms with Crippen molar-refractivity contribution in [2.45, 2.75) is 6.92 Å². The SMILES string of the molecule is C/C(=N\O)c1ccc(NC(=O)CN)c(/C(=N/O)c2ccccc2F)c1. The number of rotatable bonds is 5. The molecule has 0 aliphatic carbocycles. The summed E-state index contributed by atoms with van der Waals surface area (Å²) in [6.45, 7) is 1.32. The van der Waals surface area contributed by atoms with Gasteiger partial charge in [0.2, 0.25) is 5.91 Å². The van der Waals surface area contributed by atoms with E-state index in [0.717, 1.165) is 0 Å². The average molecular weight is 344 g/mol. The van der Waals surface area contributed by atoms with E-state index in [1.165, 1.54) is 30.3 Å². The lowest BCUT2D eigenvalue weighted by molar-refractivity contribution is -0.114. The Morgan fingerprint density at radius 1 is 1.16 bits per heavy atom. The number of hydrogen-bond acceptors (Lipinski definition) is 6. The van der Waals surface area contributed by atoms with Gasteiger partial charge in [-0.15, -0.1) is 0 Å². The fourth-order valence-electron chi connectivity index (χ4n) is 2.24. The Labute approximate surface area is 143 Å². The number of nitrogens with two attached hydrogens (primary N) is 1. The first-order valence-electron chi connectivity index (χ1n) is 7.32.